The van der Waals surface area contributed by atoms with Crippen molar-refractivity contribution in [3.8, 4) is 0 Å². The van der Waals surface area contributed by atoms with Gasteiger partial charge in [-0.1, -0.05) is 24.3 Å². The largest absolute Gasteiger partial charge is 0.463 e. The van der Waals surface area contributed by atoms with Crippen LogP contribution in [0, 0.1) is 0 Å². The van der Waals surface area contributed by atoms with Crippen molar-refractivity contribution >= 4 is 12.0 Å². The highest BCUT2D eigenvalue weighted by Crippen LogP contribution is 2.18. The molecule has 0 bridgehead atoms. The Kier molecular flexibility index (Phi) is 4.64. The van der Waals surface area contributed by atoms with Gasteiger partial charge in [-0.2, -0.15) is 0 Å². The Morgan fingerprint density at radius 3 is 2.50 bits per heavy atom. The van der Waals surface area contributed by atoms with Crippen LogP contribution < -0.4 is 0 Å². The lowest BCUT2D eigenvalue weighted by molar-refractivity contribution is -0.137. The maximum atomic E-state index is 12.2. The summed E-state index contributed by atoms with van der Waals surface area (Å²) in [6.45, 7) is 2.02. The zero-order valence-corrected chi connectivity index (χ0v) is 8.82. The molecule has 0 fully saturated rings. The molecule has 0 amide bonds. The normalized spacial score (nSPS) is 11.0. The summed E-state index contributed by atoms with van der Waals surface area (Å²) in [7, 11) is 0. The lowest BCUT2D eigenvalue weighted by Crippen LogP contribution is -1.98. The van der Waals surface area contributed by atoms with Crippen LogP contribution in [0.5, 0.6) is 0 Å². The van der Waals surface area contributed by atoms with Crippen LogP contribution in [-0.2, 0) is 9.53 Å². The molecule has 0 heterocycles. The number of carbonyl (C=O) groups is 1. The lowest BCUT2D eigenvalue weighted by atomic mass is 10.1. The molecule has 0 unspecified atom stereocenters. The van der Waals surface area contributed by atoms with Gasteiger partial charge >= 0.3 is 5.97 Å². The molecule has 0 aliphatic carbocycles. The number of halogens is 2. The first-order chi connectivity index (χ1) is 7.63. The molecule has 2 nitrogen and oxygen atoms in total. The van der Waals surface area contributed by atoms with Gasteiger partial charge in [-0.05, 0) is 18.6 Å². The van der Waals surface area contributed by atoms with Crippen molar-refractivity contribution < 1.29 is 18.3 Å². The molecule has 0 spiro atoms. The minimum atomic E-state index is -2.47. The minimum Gasteiger partial charge on any atom is -0.463 e. The summed E-state index contributed by atoms with van der Waals surface area (Å²) in [6, 6.07) is 5.71. The molecule has 4 heteroatoms. The van der Waals surface area contributed by atoms with E-state index < -0.39 is 12.4 Å². The predicted molar refractivity (Wildman–Crippen MR) is 57.1 cm³/mol. The van der Waals surface area contributed by atoms with Crippen molar-refractivity contribution in [3.63, 3.8) is 0 Å². The molecule has 1 aromatic carbocycles. The van der Waals surface area contributed by atoms with Gasteiger partial charge in [-0.15, -0.1) is 0 Å². The third-order valence-corrected chi connectivity index (χ3v) is 1.89. The van der Waals surface area contributed by atoms with E-state index in [1.54, 1.807) is 6.92 Å². The van der Waals surface area contributed by atoms with E-state index in [0.29, 0.717) is 12.2 Å². The molecule has 0 saturated carbocycles. The fraction of sp³-hybridized carbons (Fsp3) is 0.250. The standard InChI is InChI=1S/C12H12F2O2/c1-2-16-11(15)8-5-9-3-6-10(7-4-9)12(13)14/h3-8,12H,2H2,1H3. The quantitative estimate of drug-likeness (QED) is 0.582. The number of hydrogen-bond donors (Lipinski definition) is 0. The molecule has 1 rings (SSSR count). The van der Waals surface area contributed by atoms with E-state index in [4.69, 9.17) is 0 Å². The second-order valence-electron chi connectivity index (χ2n) is 3.05. The third kappa shape index (κ3) is 3.81. The second-order valence-corrected chi connectivity index (χ2v) is 3.05. The van der Waals surface area contributed by atoms with E-state index in [-0.39, 0.29) is 5.56 Å². The van der Waals surface area contributed by atoms with Crippen molar-refractivity contribution in [1.29, 1.82) is 0 Å². The first-order valence-corrected chi connectivity index (χ1v) is 4.86. The zero-order valence-electron chi connectivity index (χ0n) is 8.82. The molecular formula is C12H12F2O2. The third-order valence-electron chi connectivity index (χ3n) is 1.89. The molecule has 0 atom stereocenters. The summed E-state index contributed by atoms with van der Waals surface area (Å²) in [4.78, 5) is 11.0. The first kappa shape index (κ1) is 12.4. The monoisotopic (exact) mass is 226 g/mol. The molecule has 86 valence electrons. The average Bonchev–Trinajstić information content (AvgIpc) is 2.27. The van der Waals surface area contributed by atoms with Gasteiger partial charge in [0.2, 0.25) is 0 Å². The Hall–Kier alpha value is -1.71. The molecule has 0 aliphatic rings. The summed E-state index contributed by atoms with van der Waals surface area (Å²) < 4.78 is 29.1. The predicted octanol–water partition coefficient (Wildman–Crippen LogP) is 3.20. The molecule has 0 aliphatic heterocycles. The number of esters is 1. The number of ether oxygens (including phenoxy) is 1. The van der Waals surface area contributed by atoms with E-state index in [9.17, 15) is 13.6 Å². The summed E-state index contributed by atoms with van der Waals surface area (Å²) >= 11 is 0. The number of hydrogen-bond acceptors (Lipinski definition) is 2. The number of benzene rings is 1. The van der Waals surface area contributed by atoms with Crippen molar-refractivity contribution in [3.05, 3.63) is 41.5 Å². The fourth-order valence-corrected chi connectivity index (χ4v) is 1.11. The highest BCUT2D eigenvalue weighted by molar-refractivity contribution is 5.86. The Morgan fingerprint density at radius 2 is 2.00 bits per heavy atom. The maximum absolute atomic E-state index is 12.2. The first-order valence-electron chi connectivity index (χ1n) is 4.86. The molecule has 0 N–H and O–H groups in total. The van der Waals surface area contributed by atoms with E-state index in [1.807, 2.05) is 0 Å². The Morgan fingerprint density at radius 1 is 1.38 bits per heavy atom. The topological polar surface area (TPSA) is 26.3 Å². The van der Waals surface area contributed by atoms with Gasteiger partial charge in [0.05, 0.1) is 6.61 Å². The van der Waals surface area contributed by atoms with Crippen LogP contribution >= 0.6 is 0 Å². The molecule has 16 heavy (non-hydrogen) atoms. The summed E-state index contributed by atoms with van der Waals surface area (Å²) in [5.41, 5.74) is 0.644. The molecular weight excluding hydrogens is 214 g/mol. The smallest absolute Gasteiger partial charge is 0.330 e. The van der Waals surface area contributed by atoms with E-state index >= 15 is 0 Å². The van der Waals surface area contributed by atoms with Gasteiger partial charge < -0.3 is 4.74 Å². The minimum absolute atomic E-state index is 0.0340. The number of carbonyl (C=O) groups excluding carboxylic acids is 1. The van der Waals surface area contributed by atoms with Crippen LogP contribution in [0.1, 0.15) is 24.5 Å². The van der Waals surface area contributed by atoms with Crippen molar-refractivity contribution in [2.24, 2.45) is 0 Å². The van der Waals surface area contributed by atoms with Gasteiger partial charge in [0.25, 0.3) is 6.43 Å². The van der Waals surface area contributed by atoms with Crippen LogP contribution in [0.4, 0.5) is 8.78 Å². The number of alkyl halides is 2. The summed E-state index contributed by atoms with van der Waals surface area (Å²) in [6.07, 6.45) is 0.316. The Balaban J connectivity index is 2.65. The lowest BCUT2D eigenvalue weighted by Gasteiger charge is -1.99. The number of rotatable bonds is 4. The Bertz CT molecular complexity index is 369. The maximum Gasteiger partial charge on any atom is 0.330 e. The van der Waals surface area contributed by atoms with E-state index in [0.717, 1.165) is 0 Å². The molecule has 0 saturated heterocycles. The van der Waals surface area contributed by atoms with Crippen LogP contribution in [0.25, 0.3) is 6.08 Å². The second kappa shape index (κ2) is 6.00. The molecule has 1 aromatic rings. The van der Waals surface area contributed by atoms with Crippen LogP contribution in [0.2, 0.25) is 0 Å². The fourth-order valence-electron chi connectivity index (χ4n) is 1.11. The molecule has 0 aromatic heterocycles. The van der Waals surface area contributed by atoms with Gasteiger partial charge in [0.1, 0.15) is 0 Å². The van der Waals surface area contributed by atoms with Gasteiger partial charge in [0.15, 0.2) is 0 Å². The van der Waals surface area contributed by atoms with E-state index in [1.165, 1.54) is 36.4 Å². The van der Waals surface area contributed by atoms with Gasteiger partial charge in [-0.3, -0.25) is 0 Å². The highest BCUT2D eigenvalue weighted by atomic mass is 19.3. The summed E-state index contributed by atoms with van der Waals surface area (Å²) in [5.74, 6) is -0.444. The Labute approximate surface area is 92.5 Å². The van der Waals surface area contributed by atoms with E-state index in [2.05, 4.69) is 4.74 Å². The van der Waals surface area contributed by atoms with Crippen molar-refractivity contribution in [1.82, 2.24) is 0 Å². The average molecular weight is 226 g/mol. The highest BCUT2D eigenvalue weighted by Gasteiger charge is 2.04. The summed E-state index contributed by atoms with van der Waals surface area (Å²) in [5, 5.41) is 0. The zero-order chi connectivity index (χ0) is 12.0. The van der Waals surface area contributed by atoms with Crippen LogP contribution in [-0.4, -0.2) is 12.6 Å². The van der Waals surface area contributed by atoms with Crippen LogP contribution in [0.3, 0.4) is 0 Å². The van der Waals surface area contributed by atoms with Crippen molar-refractivity contribution in [2.45, 2.75) is 13.3 Å². The van der Waals surface area contributed by atoms with Crippen LogP contribution in [0.15, 0.2) is 30.3 Å². The van der Waals surface area contributed by atoms with Crippen molar-refractivity contribution in [2.75, 3.05) is 6.61 Å². The molecule has 0 radical (unpaired) electrons. The SMILES string of the molecule is CCOC(=O)C=Cc1ccc(C(F)F)cc1. The van der Waals surface area contributed by atoms with Gasteiger partial charge in [-0.25, -0.2) is 13.6 Å². The van der Waals surface area contributed by atoms with Gasteiger partial charge in [0, 0.05) is 11.6 Å².